The molecule has 0 aliphatic carbocycles. The highest BCUT2D eigenvalue weighted by atomic mass is 19.1. The van der Waals surface area contributed by atoms with Gasteiger partial charge < -0.3 is 10.4 Å². The van der Waals surface area contributed by atoms with Gasteiger partial charge in [-0.3, -0.25) is 0 Å². The predicted octanol–water partition coefficient (Wildman–Crippen LogP) is 6.15. The van der Waals surface area contributed by atoms with Crippen molar-refractivity contribution >= 4 is 0 Å². The zero-order chi connectivity index (χ0) is 21.1. The molecule has 5 unspecified atom stereocenters. The summed E-state index contributed by atoms with van der Waals surface area (Å²) in [6, 6.07) is 27.1. The summed E-state index contributed by atoms with van der Waals surface area (Å²) in [7, 11) is 0. The molecule has 0 saturated carbocycles. The number of nitrogens with one attached hydrogen (secondary N) is 1. The van der Waals surface area contributed by atoms with E-state index in [1.807, 2.05) is 36.4 Å². The third kappa shape index (κ3) is 3.68. The van der Waals surface area contributed by atoms with Crippen LogP contribution in [0, 0.1) is 17.7 Å². The van der Waals surface area contributed by atoms with E-state index in [4.69, 9.17) is 0 Å². The van der Waals surface area contributed by atoms with Gasteiger partial charge in [0.15, 0.2) is 0 Å². The fourth-order valence-electron chi connectivity index (χ4n) is 5.23. The van der Waals surface area contributed by atoms with Gasteiger partial charge in [0.05, 0.1) is 5.60 Å². The molecule has 0 spiro atoms. The molecule has 4 rings (SSSR count). The van der Waals surface area contributed by atoms with Crippen molar-refractivity contribution in [3.63, 3.8) is 0 Å². The fourth-order valence-corrected chi connectivity index (χ4v) is 5.23. The first-order valence-electron chi connectivity index (χ1n) is 10.9. The van der Waals surface area contributed by atoms with E-state index < -0.39 is 5.60 Å². The second-order valence-electron chi connectivity index (χ2n) is 8.46. The minimum Gasteiger partial charge on any atom is -0.384 e. The second kappa shape index (κ2) is 8.71. The van der Waals surface area contributed by atoms with Crippen molar-refractivity contribution in [3.05, 3.63) is 107 Å². The monoisotopic (exact) mass is 403 g/mol. The van der Waals surface area contributed by atoms with Crippen molar-refractivity contribution in [2.45, 2.75) is 44.4 Å². The maximum Gasteiger partial charge on any atom is 0.123 e. The molecule has 1 heterocycles. The maximum absolute atomic E-state index is 13.7. The quantitative estimate of drug-likeness (QED) is 0.535. The second-order valence-corrected chi connectivity index (χ2v) is 8.46. The summed E-state index contributed by atoms with van der Waals surface area (Å²) in [6.45, 7) is 4.26. The van der Waals surface area contributed by atoms with Crippen LogP contribution in [0.1, 0.15) is 55.5 Å². The van der Waals surface area contributed by atoms with Crippen molar-refractivity contribution in [3.8, 4) is 0 Å². The largest absolute Gasteiger partial charge is 0.384 e. The summed E-state index contributed by atoms with van der Waals surface area (Å²) in [5.74, 6) is -0.414. The number of piperidine rings is 1. The molecular weight excluding hydrogens is 373 g/mol. The lowest BCUT2D eigenvalue weighted by Crippen LogP contribution is -2.56. The zero-order valence-corrected chi connectivity index (χ0v) is 17.6. The van der Waals surface area contributed by atoms with Gasteiger partial charge >= 0.3 is 0 Å². The molecule has 0 amide bonds. The lowest BCUT2D eigenvalue weighted by Gasteiger charge is -2.53. The van der Waals surface area contributed by atoms with Gasteiger partial charge in [-0.25, -0.2) is 4.39 Å². The Hall–Kier alpha value is -2.49. The van der Waals surface area contributed by atoms with Crippen LogP contribution in [0.2, 0.25) is 0 Å². The first-order chi connectivity index (χ1) is 14.6. The Balaban J connectivity index is 1.88. The van der Waals surface area contributed by atoms with Gasteiger partial charge in [-0.15, -0.1) is 0 Å². The average molecular weight is 404 g/mol. The summed E-state index contributed by atoms with van der Waals surface area (Å²) in [6.07, 6.45) is 1.83. The van der Waals surface area contributed by atoms with Crippen molar-refractivity contribution in [2.24, 2.45) is 11.8 Å². The van der Waals surface area contributed by atoms with Gasteiger partial charge in [-0.05, 0) is 35.2 Å². The van der Waals surface area contributed by atoms with Gasteiger partial charge in [0.2, 0.25) is 0 Å². The lowest BCUT2D eigenvalue weighted by molar-refractivity contribution is -0.127. The van der Waals surface area contributed by atoms with E-state index in [2.05, 4.69) is 43.4 Å². The molecule has 30 heavy (non-hydrogen) atoms. The van der Waals surface area contributed by atoms with Crippen LogP contribution < -0.4 is 5.32 Å². The number of benzene rings is 3. The lowest BCUT2D eigenvalue weighted by atomic mass is 9.61. The summed E-state index contributed by atoms with van der Waals surface area (Å²) >= 11 is 0. The summed E-state index contributed by atoms with van der Waals surface area (Å²) < 4.78 is 13.7. The van der Waals surface area contributed by atoms with Crippen LogP contribution in [-0.4, -0.2) is 5.11 Å². The molecule has 3 heteroatoms. The van der Waals surface area contributed by atoms with Crippen molar-refractivity contribution in [2.75, 3.05) is 0 Å². The van der Waals surface area contributed by atoms with E-state index in [9.17, 15) is 9.50 Å². The van der Waals surface area contributed by atoms with E-state index in [-0.39, 0.29) is 29.7 Å². The normalized spacial score (nSPS) is 28.9. The summed E-state index contributed by atoms with van der Waals surface area (Å²) in [4.78, 5) is 0. The van der Waals surface area contributed by atoms with Crippen LogP contribution in [-0.2, 0) is 5.60 Å². The number of aliphatic hydroxyl groups is 1. The highest BCUT2D eigenvalue weighted by Crippen LogP contribution is 2.53. The summed E-state index contributed by atoms with van der Waals surface area (Å²) in [5.41, 5.74) is 2.03. The molecule has 5 atom stereocenters. The molecule has 1 fully saturated rings. The average Bonchev–Trinajstić information content (AvgIpc) is 2.79. The van der Waals surface area contributed by atoms with E-state index in [1.54, 1.807) is 12.1 Å². The molecule has 1 aliphatic heterocycles. The van der Waals surface area contributed by atoms with E-state index in [0.717, 1.165) is 24.0 Å². The number of rotatable bonds is 5. The minimum atomic E-state index is -1.09. The fraction of sp³-hybridized carbons (Fsp3) is 0.333. The molecule has 3 aromatic rings. The number of hydrogen-bond acceptors (Lipinski definition) is 2. The van der Waals surface area contributed by atoms with Crippen LogP contribution in [0.4, 0.5) is 4.39 Å². The van der Waals surface area contributed by atoms with Crippen molar-refractivity contribution in [1.82, 2.24) is 5.32 Å². The standard InChI is InChI=1S/C27H30FNO/c1-3-10-24-26(21-13-8-5-9-14-21)29-25(20-11-6-4-7-12-20)19(2)27(24,30)22-15-17-23(28)18-16-22/h4-9,11-19,24-26,29-30H,3,10H2,1-2H3. The molecule has 0 aromatic heterocycles. The molecule has 2 nitrogen and oxygen atoms in total. The molecule has 3 aromatic carbocycles. The van der Waals surface area contributed by atoms with Crippen molar-refractivity contribution in [1.29, 1.82) is 0 Å². The Morgan fingerprint density at radius 3 is 1.90 bits per heavy atom. The molecule has 0 radical (unpaired) electrons. The Bertz CT molecular complexity index is 944. The van der Waals surface area contributed by atoms with Gasteiger partial charge in [-0.2, -0.15) is 0 Å². The third-order valence-corrected chi connectivity index (χ3v) is 6.74. The molecule has 2 N–H and O–H groups in total. The van der Waals surface area contributed by atoms with Crippen LogP contribution in [0.5, 0.6) is 0 Å². The number of halogens is 1. The van der Waals surface area contributed by atoms with Crippen LogP contribution >= 0.6 is 0 Å². The highest BCUT2D eigenvalue weighted by Gasteiger charge is 2.53. The van der Waals surface area contributed by atoms with Crippen LogP contribution in [0.3, 0.4) is 0 Å². The SMILES string of the molecule is CCCC1C(c2ccccc2)NC(c2ccccc2)C(C)C1(O)c1ccc(F)cc1. The Labute approximate surface area is 178 Å². The minimum absolute atomic E-state index is 0.0115. The highest BCUT2D eigenvalue weighted by molar-refractivity contribution is 5.33. The summed E-state index contributed by atoms with van der Waals surface area (Å²) in [5, 5.41) is 16.3. The third-order valence-electron chi connectivity index (χ3n) is 6.74. The topological polar surface area (TPSA) is 32.3 Å². The molecule has 0 bridgehead atoms. The molecule has 1 aliphatic rings. The van der Waals surface area contributed by atoms with E-state index in [1.165, 1.54) is 17.7 Å². The molecular formula is C27H30FNO. The van der Waals surface area contributed by atoms with Gasteiger partial charge in [0.25, 0.3) is 0 Å². The van der Waals surface area contributed by atoms with Crippen LogP contribution in [0.25, 0.3) is 0 Å². The Morgan fingerprint density at radius 1 is 0.833 bits per heavy atom. The first-order valence-corrected chi connectivity index (χ1v) is 10.9. The van der Waals surface area contributed by atoms with Gasteiger partial charge in [0, 0.05) is 23.9 Å². The van der Waals surface area contributed by atoms with E-state index in [0.29, 0.717) is 0 Å². The maximum atomic E-state index is 13.7. The molecule has 156 valence electrons. The first kappa shape index (κ1) is 20.8. The smallest absolute Gasteiger partial charge is 0.123 e. The van der Waals surface area contributed by atoms with Gasteiger partial charge in [0.1, 0.15) is 5.82 Å². The van der Waals surface area contributed by atoms with Crippen LogP contribution in [0.15, 0.2) is 84.9 Å². The predicted molar refractivity (Wildman–Crippen MR) is 119 cm³/mol. The zero-order valence-electron chi connectivity index (χ0n) is 17.6. The van der Waals surface area contributed by atoms with Crippen molar-refractivity contribution < 1.29 is 9.50 Å². The Kier molecular flexibility index (Phi) is 6.03. The Morgan fingerprint density at radius 2 is 1.37 bits per heavy atom. The van der Waals surface area contributed by atoms with E-state index >= 15 is 0 Å². The molecule has 1 saturated heterocycles. The van der Waals surface area contributed by atoms with Gasteiger partial charge in [-0.1, -0.05) is 93.1 Å². The number of hydrogen-bond donors (Lipinski definition) is 2.